The van der Waals surface area contributed by atoms with E-state index >= 15 is 0 Å². The summed E-state index contributed by atoms with van der Waals surface area (Å²) in [6.07, 6.45) is 3.53. The fraction of sp³-hybridized carbons (Fsp3) is 0.474. The lowest BCUT2D eigenvalue weighted by molar-refractivity contribution is 0.0939. The van der Waals surface area contributed by atoms with E-state index in [1.807, 2.05) is 19.2 Å². The molecule has 2 aliphatic rings. The van der Waals surface area contributed by atoms with E-state index in [9.17, 15) is 4.79 Å². The number of amides is 1. The highest BCUT2D eigenvalue weighted by Crippen LogP contribution is 2.39. The van der Waals surface area contributed by atoms with Gasteiger partial charge in [0.2, 0.25) is 0 Å². The molecule has 1 aromatic carbocycles. The molecule has 5 heteroatoms. The maximum absolute atomic E-state index is 12.4. The van der Waals surface area contributed by atoms with Gasteiger partial charge in [-0.3, -0.25) is 9.48 Å². The minimum Gasteiger partial charge on any atom is -0.371 e. The monoisotopic (exact) mass is 324 g/mol. The molecule has 1 aliphatic carbocycles. The van der Waals surface area contributed by atoms with Gasteiger partial charge in [-0.25, -0.2) is 0 Å². The molecule has 24 heavy (non-hydrogen) atoms. The Morgan fingerprint density at radius 1 is 1.25 bits per heavy atom. The molecule has 1 N–H and O–H groups in total. The van der Waals surface area contributed by atoms with Crippen molar-refractivity contribution in [3.8, 4) is 0 Å². The number of aromatic nitrogens is 2. The van der Waals surface area contributed by atoms with Crippen LogP contribution in [0.25, 0.3) is 0 Å². The molecular weight excluding hydrogens is 300 g/mol. The van der Waals surface area contributed by atoms with Gasteiger partial charge in [0.1, 0.15) is 5.69 Å². The van der Waals surface area contributed by atoms with Gasteiger partial charge in [-0.15, -0.1) is 0 Å². The van der Waals surface area contributed by atoms with Crippen molar-refractivity contribution in [3.63, 3.8) is 0 Å². The second-order valence-electron chi connectivity index (χ2n) is 7.00. The standard InChI is InChI=1S/C19H24N4O/c1-22-18(11-17(21-22)15-7-8-15)19(24)20-12-14-9-10-23(13-14)16-5-3-2-4-6-16/h2-6,11,14-15H,7-10,12-13H2,1H3,(H,20,24). The number of carbonyl (C=O) groups is 1. The first kappa shape index (κ1) is 15.2. The van der Waals surface area contributed by atoms with E-state index in [1.165, 1.54) is 18.5 Å². The molecule has 1 saturated heterocycles. The van der Waals surface area contributed by atoms with E-state index in [-0.39, 0.29) is 5.91 Å². The summed E-state index contributed by atoms with van der Waals surface area (Å²) in [4.78, 5) is 14.8. The van der Waals surface area contributed by atoms with Crippen LogP contribution in [-0.4, -0.2) is 35.3 Å². The molecule has 0 bridgehead atoms. The lowest BCUT2D eigenvalue weighted by Crippen LogP contribution is -2.32. The SMILES string of the molecule is Cn1nc(C2CC2)cc1C(=O)NCC1CCN(c2ccccc2)C1. The Balaban J connectivity index is 1.31. The molecule has 2 fully saturated rings. The second-order valence-corrected chi connectivity index (χ2v) is 7.00. The van der Waals surface area contributed by atoms with Gasteiger partial charge in [0, 0.05) is 38.3 Å². The molecule has 0 spiro atoms. The summed E-state index contributed by atoms with van der Waals surface area (Å²) in [5.41, 5.74) is 3.01. The summed E-state index contributed by atoms with van der Waals surface area (Å²) in [6, 6.07) is 12.4. The van der Waals surface area contributed by atoms with Crippen LogP contribution in [0.2, 0.25) is 0 Å². The van der Waals surface area contributed by atoms with E-state index in [1.54, 1.807) is 4.68 Å². The lowest BCUT2D eigenvalue weighted by atomic mass is 10.1. The van der Waals surface area contributed by atoms with Gasteiger partial charge in [0.15, 0.2) is 0 Å². The zero-order valence-corrected chi connectivity index (χ0v) is 14.1. The first-order valence-electron chi connectivity index (χ1n) is 8.83. The topological polar surface area (TPSA) is 50.2 Å². The molecule has 1 aliphatic heterocycles. The van der Waals surface area contributed by atoms with Crippen LogP contribution in [0.3, 0.4) is 0 Å². The Labute approximate surface area is 142 Å². The van der Waals surface area contributed by atoms with Crippen molar-refractivity contribution in [1.29, 1.82) is 0 Å². The number of aryl methyl sites for hydroxylation is 1. The average molecular weight is 324 g/mol. The van der Waals surface area contributed by atoms with Crippen molar-refractivity contribution < 1.29 is 4.79 Å². The van der Waals surface area contributed by atoms with Gasteiger partial charge < -0.3 is 10.2 Å². The summed E-state index contributed by atoms with van der Waals surface area (Å²) in [5, 5.41) is 7.57. The molecule has 2 aromatic rings. The van der Waals surface area contributed by atoms with Crippen molar-refractivity contribution in [2.24, 2.45) is 13.0 Å². The van der Waals surface area contributed by atoms with E-state index in [0.29, 0.717) is 17.5 Å². The molecule has 1 amide bonds. The van der Waals surface area contributed by atoms with Crippen LogP contribution in [0, 0.1) is 5.92 Å². The maximum Gasteiger partial charge on any atom is 0.269 e. The normalized spacial score (nSPS) is 20.4. The first-order chi connectivity index (χ1) is 11.7. The van der Waals surface area contributed by atoms with Crippen LogP contribution in [-0.2, 0) is 7.05 Å². The number of nitrogens with one attached hydrogen (secondary N) is 1. The number of nitrogens with zero attached hydrogens (tertiary/aromatic N) is 3. The highest BCUT2D eigenvalue weighted by molar-refractivity contribution is 5.92. The molecule has 5 nitrogen and oxygen atoms in total. The summed E-state index contributed by atoms with van der Waals surface area (Å²) in [6.45, 7) is 2.79. The van der Waals surface area contributed by atoms with E-state index < -0.39 is 0 Å². The number of hydrogen-bond acceptors (Lipinski definition) is 3. The summed E-state index contributed by atoms with van der Waals surface area (Å²) < 4.78 is 1.72. The molecule has 1 unspecified atom stereocenters. The fourth-order valence-corrected chi connectivity index (χ4v) is 3.48. The Hall–Kier alpha value is -2.30. The minimum atomic E-state index is -0.00457. The van der Waals surface area contributed by atoms with E-state index in [4.69, 9.17) is 0 Å². The van der Waals surface area contributed by atoms with Crippen molar-refractivity contribution in [2.45, 2.75) is 25.2 Å². The predicted octanol–water partition coefficient (Wildman–Crippen LogP) is 2.55. The van der Waals surface area contributed by atoms with Gasteiger partial charge in [-0.05, 0) is 43.4 Å². The number of benzene rings is 1. The molecule has 126 valence electrons. The Bertz CT molecular complexity index is 720. The first-order valence-corrected chi connectivity index (χ1v) is 8.83. The lowest BCUT2D eigenvalue weighted by Gasteiger charge is -2.18. The van der Waals surface area contributed by atoms with Gasteiger partial charge in [-0.1, -0.05) is 18.2 Å². The predicted molar refractivity (Wildman–Crippen MR) is 94.3 cm³/mol. The second kappa shape index (κ2) is 6.30. The summed E-state index contributed by atoms with van der Waals surface area (Å²) in [7, 11) is 1.85. The quantitative estimate of drug-likeness (QED) is 0.919. The Kier molecular flexibility index (Phi) is 4.00. The molecule has 0 radical (unpaired) electrons. The molecule has 1 atom stereocenters. The van der Waals surface area contributed by atoms with Crippen molar-refractivity contribution in [3.05, 3.63) is 47.8 Å². The van der Waals surface area contributed by atoms with Gasteiger partial charge in [0.05, 0.1) is 5.69 Å². The van der Waals surface area contributed by atoms with Crippen LogP contribution in [0.15, 0.2) is 36.4 Å². The summed E-state index contributed by atoms with van der Waals surface area (Å²) >= 11 is 0. The maximum atomic E-state index is 12.4. The van der Waals surface area contributed by atoms with E-state index in [2.05, 4.69) is 39.6 Å². The van der Waals surface area contributed by atoms with Crippen LogP contribution in [0.1, 0.15) is 41.4 Å². The smallest absolute Gasteiger partial charge is 0.269 e. The van der Waals surface area contributed by atoms with Crippen molar-refractivity contribution in [1.82, 2.24) is 15.1 Å². The highest BCUT2D eigenvalue weighted by atomic mass is 16.2. The number of para-hydroxylation sites is 1. The largest absolute Gasteiger partial charge is 0.371 e. The van der Waals surface area contributed by atoms with Crippen LogP contribution < -0.4 is 10.2 Å². The number of carbonyl (C=O) groups excluding carboxylic acids is 1. The van der Waals surface area contributed by atoms with Crippen LogP contribution in [0.5, 0.6) is 0 Å². The van der Waals surface area contributed by atoms with Gasteiger partial charge >= 0.3 is 0 Å². The summed E-state index contributed by atoms with van der Waals surface area (Å²) in [5.74, 6) is 1.08. The fourth-order valence-electron chi connectivity index (χ4n) is 3.48. The van der Waals surface area contributed by atoms with Crippen LogP contribution >= 0.6 is 0 Å². The molecular formula is C19H24N4O. The van der Waals surface area contributed by atoms with Gasteiger partial charge in [0.25, 0.3) is 5.91 Å². The average Bonchev–Trinajstić information content (AvgIpc) is 3.22. The van der Waals surface area contributed by atoms with Crippen molar-refractivity contribution >= 4 is 11.6 Å². The van der Waals surface area contributed by atoms with Crippen LogP contribution in [0.4, 0.5) is 5.69 Å². The van der Waals surface area contributed by atoms with Crippen molar-refractivity contribution in [2.75, 3.05) is 24.5 Å². The molecule has 1 aromatic heterocycles. The zero-order valence-electron chi connectivity index (χ0n) is 14.1. The van der Waals surface area contributed by atoms with Gasteiger partial charge in [-0.2, -0.15) is 5.10 Å². The third-order valence-electron chi connectivity index (χ3n) is 5.09. The molecule has 4 rings (SSSR count). The number of rotatable bonds is 5. The third-order valence-corrected chi connectivity index (χ3v) is 5.09. The number of anilines is 1. The minimum absolute atomic E-state index is 0.00457. The third kappa shape index (κ3) is 3.16. The Morgan fingerprint density at radius 2 is 2.04 bits per heavy atom. The Morgan fingerprint density at radius 3 is 2.79 bits per heavy atom. The highest BCUT2D eigenvalue weighted by Gasteiger charge is 2.28. The number of hydrogen-bond donors (Lipinski definition) is 1. The molecule has 2 heterocycles. The zero-order chi connectivity index (χ0) is 16.5. The molecule has 1 saturated carbocycles. The van der Waals surface area contributed by atoms with E-state index in [0.717, 1.165) is 31.7 Å².